The van der Waals surface area contributed by atoms with E-state index in [1.54, 1.807) is 6.92 Å². The lowest BCUT2D eigenvalue weighted by Gasteiger charge is -2.09. The average molecular weight is 502 g/mol. The number of nitrogens with zero attached hydrogens (tertiary/aromatic N) is 1. The first kappa shape index (κ1) is 16.3. The molecule has 0 aliphatic carbocycles. The Hall–Kier alpha value is -0.0551. The normalized spacial score (nSPS) is 20.8. The fourth-order valence-electron chi connectivity index (χ4n) is 2.43. The molecule has 0 saturated carbocycles. The van der Waals surface area contributed by atoms with Crippen LogP contribution in [0, 0.1) is 17.4 Å². The van der Waals surface area contributed by atoms with Crippen molar-refractivity contribution in [1.82, 2.24) is 9.79 Å². The standard InChI is InChI=1S/C13H15BF2I2N2/c1-6-10(19-8(3)12(6)17)5-11-7(2)13(18)9(4)20(11)14(15)16/h5,8,19H,1-4H3/b10-5-. The first-order valence-electron chi connectivity index (χ1n) is 6.25. The summed E-state index contributed by atoms with van der Waals surface area (Å²) in [7, 11) is -2.52. The Kier molecular flexibility index (Phi) is 4.88. The molecule has 7 heteroatoms. The van der Waals surface area contributed by atoms with Gasteiger partial charge in [0.25, 0.3) is 0 Å². The minimum Gasteiger partial charge on any atom is -0.378 e. The van der Waals surface area contributed by atoms with Crippen molar-refractivity contribution in [2.24, 2.45) is 0 Å². The lowest BCUT2D eigenvalue weighted by Crippen LogP contribution is -2.20. The summed E-state index contributed by atoms with van der Waals surface area (Å²) in [5.74, 6) is 0. The second kappa shape index (κ2) is 5.98. The maximum absolute atomic E-state index is 13.3. The Bertz CT molecular complexity index is 620. The van der Waals surface area contributed by atoms with Gasteiger partial charge in [-0.05, 0) is 90.1 Å². The van der Waals surface area contributed by atoms with Crippen molar-refractivity contribution in [1.29, 1.82) is 0 Å². The molecule has 1 aromatic heterocycles. The number of rotatable bonds is 2. The molecular weight excluding hydrogens is 487 g/mol. The lowest BCUT2D eigenvalue weighted by molar-refractivity contribution is 0.624. The quantitative estimate of drug-likeness (QED) is 0.466. The zero-order valence-corrected chi connectivity index (χ0v) is 16.0. The van der Waals surface area contributed by atoms with Gasteiger partial charge in [0, 0.05) is 24.2 Å². The van der Waals surface area contributed by atoms with Crippen LogP contribution in [0.15, 0.2) is 14.8 Å². The van der Waals surface area contributed by atoms with Crippen LogP contribution in [0.5, 0.6) is 0 Å². The van der Waals surface area contributed by atoms with E-state index in [2.05, 4.69) is 57.4 Å². The van der Waals surface area contributed by atoms with Crippen LogP contribution in [0.25, 0.3) is 6.08 Å². The molecule has 20 heavy (non-hydrogen) atoms. The highest BCUT2D eigenvalue weighted by Crippen LogP contribution is 2.32. The third kappa shape index (κ3) is 2.67. The molecule has 1 N–H and O–H groups in total. The van der Waals surface area contributed by atoms with Crippen molar-refractivity contribution >= 4 is 58.7 Å². The molecule has 0 spiro atoms. The third-order valence-corrected chi connectivity index (χ3v) is 6.98. The van der Waals surface area contributed by atoms with E-state index in [1.807, 2.05) is 19.9 Å². The van der Waals surface area contributed by atoms with Gasteiger partial charge in [-0.15, -0.1) is 0 Å². The number of allylic oxidation sites excluding steroid dienone is 1. The molecule has 2 rings (SSSR count). The smallest absolute Gasteiger partial charge is 0.378 e. The van der Waals surface area contributed by atoms with E-state index in [9.17, 15) is 8.63 Å². The predicted molar refractivity (Wildman–Crippen MR) is 97.3 cm³/mol. The van der Waals surface area contributed by atoms with E-state index >= 15 is 0 Å². The average Bonchev–Trinajstić information content (AvgIpc) is 2.74. The van der Waals surface area contributed by atoms with E-state index in [-0.39, 0.29) is 6.04 Å². The van der Waals surface area contributed by atoms with Crippen molar-refractivity contribution in [3.8, 4) is 0 Å². The van der Waals surface area contributed by atoms with Crippen LogP contribution in [0.1, 0.15) is 30.8 Å². The van der Waals surface area contributed by atoms with E-state index in [1.165, 1.54) is 3.58 Å². The first-order chi connectivity index (χ1) is 9.25. The number of nitrogens with one attached hydrogen (secondary N) is 1. The molecule has 0 radical (unpaired) electrons. The van der Waals surface area contributed by atoms with Gasteiger partial charge in [-0.1, -0.05) is 0 Å². The van der Waals surface area contributed by atoms with Crippen molar-refractivity contribution in [3.63, 3.8) is 0 Å². The Morgan fingerprint density at radius 2 is 1.85 bits per heavy atom. The number of halogens is 4. The zero-order valence-electron chi connectivity index (χ0n) is 11.7. The predicted octanol–water partition coefficient (Wildman–Crippen LogP) is 4.52. The van der Waals surface area contributed by atoms with Crippen molar-refractivity contribution in [2.45, 2.75) is 33.7 Å². The fraction of sp³-hybridized carbons (Fsp3) is 0.385. The van der Waals surface area contributed by atoms with E-state index in [0.717, 1.165) is 24.9 Å². The van der Waals surface area contributed by atoms with E-state index in [0.29, 0.717) is 11.4 Å². The molecule has 0 bridgehead atoms. The summed E-state index contributed by atoms with van der Waals surface area (Å²) >= 11 is 4.44. The summed E-state index contributed by atoms with van der Waals surface area (Å²) in [6.45, 7) is 7.72. The van der Waals surface area contributed by atoms with Gasteiger partial charge in [-0.2, -0.15) is 0 Å². The Balaban J connectivity index is 2.58. The largest absolute Gasteiger partial charge is 0.677 e. The van der Waals surface area contributed by atoms with Crippen LogP contribution in [-0.2, 0) is 0 Å². The minimum atomic E-state index is -2.52. The Morgan fingerprint density at radius 3 is 2.30 bits per heavy atom. The molecular formula is C13H15BF2I2N2. The van der Waals surface area contributed by atoms with Gasteiger partial charge < -0.3 is 9.79 Å². The van der Waals surface area contributed by atoms with Gasteiger partial charge in [-0.25, -0.2) is 0 Å². The third-order valence-electron chi connectivity index (χ3n) is 3.64. The van der Waals surface area contributed by atoms with Gasteiger partial charge in [0.05, 0.1) is 6.04 Å². The SMILES string of the molecule is CC1=C(I)C(C)N/C1=C\c1c(C)c(I)c(C)n1B(F)F. The van der Waals surface area contributed by atoms with Crippen LogP contribution in [0.3, 0.4) is 0 Å². The molecule has 0 amide bonds. The number of aromatic nitrogens is 1. The van der Waals surface area contributed by atoms with Crippen molar-refractivity contribution in [3.05, 3.63) is 35.4 Å². The molecule has 1 aliphatic heterocycles. The highest BCUT2D eigenvalue weighted by molar-refractivity contribution is 14.1. The molecule has 0 saturated heterocycles. The lowest BCUT2D eigenvalue weighted by atomic mass is 10.1. The molecule has 1 unspecified atom stereocenters. The topological polar surface area (TPSA) is 17.0 Å². The summed E-state index contributed by atoms with van der Waals surface area (Å²) in [5, 5.41) is 3.34. The summed E-state index contributed by atoms with van der Waals surface area (Å²) in [4.78, 5) is 0. The minimum absolute atomic E-state index is 0.247. The van der Waals surface area contributed by atoms with Crippen molar-refractivity contribution < 1.29 is 8.63 Å². The molecule has 1 aromatic rings. The van der Waals surface area contributed by atoms with Gasteiger partial charge in [0.1, 0.15) is 0 Å². The summed E-state index contributed by atoms with van der Waals surface area (Å²) < 4.78 is 29.8. The molecule has 2 heterocycles. The maximum Gasteiger partial charge on any atom is 0.677 e. The fourth-order valence-corrected chi connectivity index (χ4v) is 3.41. The van der Waals surface area contributed by atoms with Gasteiger partial charge in [-0.3, -0.25) is 8.63 Å². The van der Waals surface area contributed by atoms with Gasteiger partial charge >= 0.3 is 7.40 Å². The van der Waals surface area contributed by atoms with Crippen LogP contribution >= 0.6 is 45.2 Å². The maximum atomic E-state index is 13.3. The molecule has 2 nitrogen and oxygen atoms in total. The second-order valence-corrected chi connectivity index (χ2v) is 7.20. The van der Waals surface area contributed by atoms with E-state index < -0.39 is 7.40 Å². The highest BCUT2D eigenvalue weighted by atomic mass is 127. The van der Waals surface area contributed by atoms with Crippen LogP contribution in [0.2, 0.25) is 0 Å². The van der Waals surface area contributed by atoms with Gasteiger partial charge in [0.2, 0.25) is 0 Å². The second-order valence-electron chi connectivity index (χ2n) is 4.95. The summed E-state index contributed by atoms with van der Waals surface area (Å²) in [6.07, 6.45) is 1.84. The molecule has 0 fully saturated rings. The molecule has 0 aromatic carbocycles. The molecule has 1 aliphatic rings. The number of hydrogen-bond donors (Lipinski definition) is 1. The monoisotopic (exact) mass is 502 g/mol. The first-order valence-corrected chi connectivity index (χ1v) is 8.41. The number of hydrogen-bond acceptors (Lipinski definition) is 1. The van der Waals surface area contributed by atoms with Crippen LogP contribution in [0.4, 0.5) is 8.63 Å². The van der Waals surface area contributed by atoms with Gasteiger partial charge in [0.15, 0.2) is 0 Å². The summed E-state index contributed by atoms with van der Waals surface area (Å²) in [6, 6.07) is 0.247. The molecule has 108 valence electrons. The Morgan fingerprint density at radius 1 is 1.25 bits per heavy atom. The van der Waals surface area contributed by atoms with E-state index in [4.69, 9.17) is 0 Å². The van der Waals surface area contributed by atoms with Crippen molar-refractivity contribution in [2.75, 3.05) is 0 Å². The van der Waals surface area contributed by atoms with Crippen LogP contribution < -0.4 is 5.32 Å². The van der Waals surface area contributed by atoms with Crippen LogP contribution in [-0.4, -0.2) is 17.9 Å². The highest BCUT2D eigenvalue weighted by Gasteiger charge is 2.27. The summed E-state index contributed by atoms with van der Waals surface area (Å²) in [5.41, 5.74) is 4.17. The Labute approximate surface area is 145 Å². The zero-order chi connectivity index (χ0) is 15.2. The molecule has 1 atom stereocenters.